The highest BCUT2D eigenvalue weighted by atomic mass is 32.1. The van der Waals surface area contributed by atoms with E-state index in [-0.39, 0.29) is 5.91 Å². The van der Waals surface area contributed by atoms with Crippen molar-refractivity contribution >= 4 is 28.2 Å². The van der Waals surface area contributed by atoms with E-state index in [4.69, 9.17) is 0 Å². The van der Waals surface area contributed by atoms with Crippen LogP contribution in [0.5, 0.6) is 0 Å². The highest BCUT2D eigenvalue weighted by molar-refractivity contribution is 7.65. The van der Waals surface area contributed by atoms with E-state index in [1.54, 1.807) is 10.6 Å². The lowest BCUT2D eigenvalue weighted by molar-refractivity contribution is -0.0503. The molecule has 4 fully saturated rings. The number of amides is 1. The van der Waals surface area contributed by atoms with Crippen LogP contribution in [0.3, 0.4) is 0 Å². The normalized spacial score (nSPS) is 31.9. The fraction of sp³-hybridized carbons (Fsp3) is 0.550. The van der Waals surface area contributed by atoms with Crippen molar-refractivity contribution in [2.45, 2.75) is 38.5 Å². The van der Waals surface area contributed by atoms with Gasteiger partial charge in [0.05, 0.1) is 22.3 Å². The van der Waals surface area contributed by atoms with Gasteiger partial charge in [0.2, 0.25) is 0 Å². The van der Waals surface area contributed by atoms with Crippen LogP contribution in [0.4, 0.5) is 0 Å². The van der Waals surface area contributed by atoms with Crippen LogP contribution in [-0.4, -0.2) is 31.4 Å². The van der Waals surface area contributed by atoms with E-state index in [0.717, 1.165) is 24.3 Å². The van der Waals surface area contributed by atoms with Crippen LogP contribution >= 0.6 is 0 Å². The number of hydrogen-bond acceptors (Lipinski definition) is 3. The Morgan fingerprint density at radius 3 is 2.58 bits per heavy atom. The van der Waals surface area contributed by atoms with Crippen molar-refractivity contribution in [2.75, 3.05) is 6.54 Å². The molecular formula is C20H23N3O2S. The van der Waals surface area contributed by atoms with Gasteiger partial charge in [-0.25, -0.2) is 9.19 Å². The van der Waals surface area contributed by atoms with Gasteiger partial charge in [-0.15, -0.1) is 0 Å². The van der Waals surface area contributed by atoms with E-state index in [2.05, 4.69) is 10.3 Å². The monoisotopic (exact) mass is 369 g/mol. The van der Waals surface area contributed by atoms with Crippen LogP contribution < -0.4 is 5.32 Å². The van der Waals surface area contributed by atoms with Gasteiger partial charge < -0.3 is 5.32 Å². The van der Waals surface area contributed by atoms with Crippen LogP contribution in [0.25, 0.3) is 5.65 Å². The summed E-state index contributed by atoms with van der Waals surface area (Å²) >= 11 is 0.375. The Kier molecular flexibility index (Phi) is 3.78. The first kappa shape index (κ1) is 16.2. The Morgan fingerprint density at radius 1 is 1.23 bits per heavy atom. The maximum atomic E-state index is 12.9. The van der Waals surface area contributed by atoms with E-state index in [1.807, 2.05) is 18.2 Å². The molecule has 136 valence electrons. The molecule has 26 heavy (non-hydrogen) atoms. The van der Waals surface area contributed by atoms with Crippen molar-refractivity contribution in [2.24, 2.45) is 23.2 Å². The van der Waals surface area contributed by atoms with Gasteiger partial charge in [-0.3, -0.25) is 9.20 Å². The summed E-state index contributed by atoms with van der Waals surface area (Å²) in [5, 5.41) is 4.67. The third kappa shape index (κ3) is 2.71. The Balaban J connectivity index is 1.36. The minimum absolute atomic E-state index is 0.0509. The smallest absolute Gasteiger partial charge is 0.268 e. The van der Waals surface area contributed by atoms with Crippen molar-refractivity contribution in [3.63, 3.8) is 0 Å². The highest BCUT2D eigenvalue weighted by Gasteiger charge is 2.50. The fourth-order valence-electron chi connectivity index (χ4n) is 6.19. The zero-order chi connectivity index (χ0) is 17.7. The van der Waals surface area contributed by atoms with Gasteiger partial charge in [0.25, 0.3) is 5.91 Å². The number of pyridine rings is 1. The number of fused-ring (bicyclic) bond motifs is 1. The third-order valence-electron chi connectivity index (χ3n) is 6.70. The predicted octanol–water partition coefficient (Wildman–Crippen LogP) is 2.64. The Hall–Kier alpha value is -1.95. The molecule has 5 nitrogen and oxygen atoms in total. The van der Waals surface area contributed by atoms with Crippen LogP contribution in [0.2, 0.25) is 0 Å². The summed E-state index contributed by atoms with van der Waals surface area (Å²) in [5.74, 6) is 2.61. The van der Waals surface area contributed by atoms with Crippen molar-refractivity contribution in [1.82, 2.24) is 14.7 Å². The van der Waals surface area contributed by atoms with E-state index >= 15 is 0 Å². The third-order valence-corrected chi connectivity index (χ3v) is 7.04. The zero-order valence-corrected chi connectivity index (χ0v) is 15.5. The van der Waals surface area contributed by atoms with Crippen LogP contribution in [0.15, 0.2) is 24.4 Å². The Morgan fingerprint density at radius 2 is 1.92 bits per heavy atom. The van der Waals surface area contributed by atoms with Crippen LogP contribution in [-0.2, 0) is 11.3 Å². The number of carbonyl (C=O) groups is 1. The summed E-state index contributed by atoms with van der Waals surface area (Å²) in [6.07, 6.45) is 9.85. The van der Waals surface area contributed by atoms with Gasteiger partial charge in [0, 0.05) is 12.7 Å². The molecule has 1 N–H and O–H groups in total. The fourth-order valence-corrected chi connectivity index (χ4v) is 6.40. The maximum Gasteiger partial charge on any atom is 0.268 e. The molecule has 4 saturated carbocycles. The van der Waals surface area contributed by atoms with Crippen molar-refractivity contribution in [3.05, 3.63) is 35.8 Å². The number of aromatic nitrogens is 2. The summed E-state index contributed by atoms with van der Waals surface area (Å²) in [7, 11) is 0. The van der Waals surface area contributed by atoms with Gasteiger partial charge in [-0.2, -0.15) is 0 Å². The summed E-state index contributed by atoms with van der Waals surface area (Å²) < 4.78 is 12.5. The van der Waals surface area contributed by atoms with Gasteiger partial charge in [-0.1, -0.05) is 6.07 Å². The zero-order valence-electron chi connectivity index (χ0n) is 14.7. The van der Waals surface area contributed by atoms with E-state index in [0.29, 0.717) is 33.7 Å². The average molecular weight is 369 g/mol. The molecule has 4 bridgehead atoms. The van der Waals surface area contributed by atoms with E-state index < -0.39 is 0 Å². The molecule has 0 saturated heterocycles. The van der Waals surface area contributed by atoms with E-state index in [1.165, 1.54) is 43.9 Å². The second-order valence-corrected chi connectivity index (χ2v) is 9.05. The lowest BCUT2D eigenvalue weighted by atomic mass is 9.49. The Bertz CT molecular complexity index is 893. The van der Waals surface area contributed by atoms with E-state index in [9.17, 15) is 9.00 Å². The van der Waals surface area contributed by atoms with Gasteiger partial charge in [0.15, 0.2) is 0 Å². The largest absolute Gasteiger partial charge is 0.350 e. The first-order valence-electron chi connectivity index (χ1n) is 9.52. The minimum atomic E-state index is -0.0509. The lowest BCUT2D eigenvalue weighted by Gasteiger charge is -2.56. The molecule has 2 aromatic rings. The maximum absolute atomic E-state index is 12.9. The first-order chi connectivity index (χ1) is 12.6. The molecule has 4 aliphatic rings. The van der Waals surface area contributed by atoms with Crippen molar-refractivity contribution in [1.29, 1.82) is 0 Å². The molecule has 0 unspecified atom stereocenters. The Labute approximate surface area is 156 Å². The molecule has 0 radical (unpaired) electrons. The quantitative estimate of drug-likeness (QED) is 0.843. The standard InChI is InChI=1S/C20H23N3O2S/c24-19(17-2-1-3-18-22-16(11-26-25)10-23(17)18)21-12-20-7-13-4-14(8-20)6-15(5-13)9-20/h1-3,10-11,13-15H,4-9,12H2,(H,21,24). The van der Waals surface area contributed by atoms with Crippen molar-refractivity contribution in [3.8, 4) is 0 Å². The second-order valence-electron chi connectivity index (χ2n) is 8.62. The molecule has 0 aromatic carbocycles. The SMILES string of the molecule is O=S=Cc1cn2c(C(=O)NCC34CC5CC(CC(C5)C3)C4)cccc2n1. The molecule has 2 heterocycles. The number of rotatable bonds is 4. The molecular weight excluding hydrogens is 346 g/mol. The molecule has 0 spiro atoms. The molecule has 1 amide bonds. The first-order valence-corrected chi connectivity index (χ1v) is 10.3. The number of carbonyl (C=O) groups excluding carboxylic acids is 1. The highest BCUT2D eigenvalue weighted by Crippen LogP contribution is 2.59. The van der Waals surface area contributed by atoms with Crippen molar-refractivity contribution < 1.29 is 9.00 Å². The van der Waals surface area contributed by atoms with Gasteiger partial charge in [0.1, 0.15) is 11.3 Å². The molecule has 4 aliphatic carbocycles. The second kappa shape index (κ2) is 6.05. The summed E-state index contributed by atoms with van der Waals surface area (Å²) in [5.41, 5.74) is 2.18. The summed E-state index contributed by atoms with van der Waals surface area (Å²) in [4.78, 5) is 17.2. The number of nitrogens with zero attached hydrogens (tertiary/aromatic N) is 2. The van der Waals surface area contributed by atoms with Crippen LogP contribution in [0, 0.1) is 23.2 Å². The number of imidazole rings is 1. The molecule has 2 aromatic heterocycles. The molecule has 0 atom stereocenters. The average Bonchev–Trinajstić information content (AvgIpc) is 3.01. The number of hydrogen-bond donors (Lipinski definition) is 1. The minimum Gasteiger partial charge on any atom is -0.350 e. The number of nitrogens with one attached hydrogen (secondary N) is 1. The van der Waals surface area contributed by atoms with Gasteiger partial charge in [-0.05, 0) is 73.8 Å². The summed E-state index contributed by atoms with van der Waals surface area (Å²) in [6, 6.07) is 5.51. The molecule has 6 heteroatoms. The van der Waals surface area contributed by atoms with Gasteiger partial charge >= 0.3 is 0 Å². The molecule has 6 rings (SSSR count). The lowest BCUT2D eigenvalue weighted by Crippen LogP contribution is -2.51. The topological polar surface area (TPSA) is 63.5 Å². The van der Waals surface area contributed by atoms with Crippen LogP contribution in [0.1, 0.15) is 54.7 Å². The molecule has 0 aliphatic heterocycles. The summed E-state index contributed by atoms with van der Waals surface area (Å²) in [6.45, 7) is 0.788. The predicted molar refractivity (Wildman–Crippen MR) is 101 cm³/mol.